The first-order chi connectivity index (χ1) is 12.6. The van der Waals surface area contributed by atoms with Crippen molar-refractivity contribution in [1.29, 1.82) is 0 Å². The van der Waals surface area contributed by atoms with Gasteiger partial charge in [0.05, 0.1) is 0 Å². The molecule has 0 atom stereocenters. The number of hydrogen-bond donors (Lipinski definition) is 1. The van der Waals surface area contributed by atoms with E-state index in [9.17, 15) is 4.79 Å². The Kier molecular flexibility index (Phi) is 6.25. The molecule has 0 fully saturated rings. The van der Waals surface area contributed by atoms with E-state index in [2.05, 4.69) is 34.6 Å². The van der Waals surface area contributed by atoms with E-state index in [1.165, 1.54) is 22.5 Å². The van der Waals surface area contributed by atoms with Gasteiger partial charge in [0.1, 0.15) is 5.75 Å². The Morgan fingerprint density at radius 3 is 2.81 bits per heavy atom. The molecule has 1 N–H and O–H groups in total. The maximum absolute atomic E-state index is 12.0. The summed E-state index contributed by atoms with van der Waals surface area (Å²) in [6.07, 6.45) is 0. The number of nitrogens with one attached hydrogen (secondary N) is 1. The number of hydrogen-bond acceptors (Lipinski definition) is 6. The molecule has 0 spiro atoms. The molecule has 0 bridgehead atoms. The van der Waals surface area contributed by atoms with Gasteiger partial charge in [-0.3, -0.25) is 10.1 Å². The minimum Gasteiger partial charge on any atom is -0.484 e. The molecule has 1 amide bonds. The summed E-state index contributed by atoms with van der Waals surface area (Å²) < 4.78 is 6.31. The van der Waals surface area contributed by atoms with Gasteiger partial charge < -0.3 is 4.74 Å². The van der Waals surface area contributed by atoms with E-state index in [1.54, 1.807) is 11.8 Å². The van der Waals surface area contributed by atoms with Crippen LogP contribution in [0.5, 0.6) is 5.75 Å². The molecule has 0 saturated heterocycles. The van der Waals surface area contributed by atoms with Gasteiger partial charge in [-0.1, -0.05) is 59.5 Å². The van der Waals surface area contributed by atoms with Crippen LogP contribution in [0, 0.1) is 13.8 Å². The molecule has 0 radical (unpaired) electrons. The van der Waals surface area contributed by atoms with Gasteiger partial charge in [0.15, 0.2) is 10.9 Å². The lowest BCUT2D eigenvalue weighted by Gasteiger charge is -2.06. The number of carbonyl (C=O) groups is 1. The summed E-state index contributed by atoms with van der Waals surface area (Å²) in [5.74, 6) is 1.25. The summed E-state index contributed by atoms with van der Waals surface area (Å²) in [6, 6.07) is 15.8. The maximum atomic E-state index is 12.0. The number of anilines is 1. The van der Waals surface area contributed by atoms with Crippen molar-refractivity contribution < 1.29 is 9.53 Å². The standard InChI is InChI=1S/C19H19N3O2S2/c1-13-6-5-9-16(10-13)24-11-17(23)20-18-21-22-19(26-18)25-12-15-8-4-3-7-14(15)2/h3-10H,11-12H2,1-2H3,(H,20,21,23). The minimum absolute atomic E-state index is 0.0608. The van der Waals surface area contributed by atoms with Crippen LogP contribution in [-0.2, 0) is 10.5 Å². The largest absolute Gasteiger partial charge is 0.484 e. The molecule has 0 unspecified atom stereocenters. The number of thioether (sulfide) groups is 1. The summed E-state index contributed by atoms with van der Waals surface area (Å²) in [5, 5.41) is 11.3. The Hall–Kier alpha value is -2.38. The van der Waals surface area contributed by atoms with E-state index >= 15 is 0 Å². The number of carbonyl (C=O) groups excluding carboxylic acids is 1. The first kappa shape index (κ1) is 18.4. The van der Waals surface area contributed by atoms with Crippen LogP contribution >= 0.6 is 23.1 Å². The van der Waals surface area contributed by atoms with Crippen LogP contribution in [0.1, 0.15) is 16.7 Å². The number of ether oxygens (including phenoxy) is 1. The average Bonchev–Trinajstić information content (AvgIpc) is 3.07. The number of rotatable bonds is 7. The summed E-state index contributed by atoms with van der Waals surface area (Å²) in [5.41, 5.74) is 3.61. The van der Waals surface area contributed by atoms with Gasteiger partial charge in [-0.2, -0.15) is 0 Å². The average molecular weight is 386 g/mol. The lowest BCUT2D eigenvalue weighted by atomic mass is 10.1. The highest BCUT2D eigenvalue weighted by atomic mass is 32.2. The third-order valence-corrected chi connectivity index (χ3v) is 5.65. The second kappa shape index (κ2) is 8.82. The predicted octanol–water partition coefficient (Wildman–Crippen LogP) is 4.46. The Labute approximate surface area is 160 Å². The van der Waals surface area contributed by atoms with Crippen molar-refractivity contribution in [2.24, 2.45) is 0 Å². The van der Waals surface area contributed by atoms with Crippen LogP contribution in [0.3, 0.4) is 0 Å². The van der Waals surface area contributed by atoms with E-state index in [0.717, 1.165) is 15.7 Å². The van der Waals surface area contributed by atoms with E-state index < -0.39 is 0 Å². The quantitative estimate of drug-likeness (QED) is 0.480. The third-order valence-electron chi connectivity index (χ3n) is 3.62. The number of nitrogens with zero attached hydrogens (tertiary/aromatic N) is 2. The van der Waals surface area contributed by atoms with Crippen LogP contribution in [0.15, 0.2) is 52.9 Å². The second-order valence-electron chi connectivity index (χ2n) is 5.74. The Balaban J connectivity index is 1.48. The zero-order chi connectivity index (χ0) is 18.4. The molecular weight excluding hydrogens is 366 g/mol. The first-order valence-electron chi connectivity index (χ1n) is 8.10. The topological polar surface area (TPSA) is 64.1 Å². The molecule has 0 aliphatic heterocycles. The molecule has 3 aromatic rings. The number of benzene rings is 2. The van der Waals surface area contributed by atoms with Crippen LogP contribution in [0.4, 0.5) is 5.13 Å². The number of aromatic nitrogens is 2. The first-order valence-corrected chi connectivity index (χ1v) is 9.90. The molecule has 0 aliphatic carbocycles. The summed E-state index contributed by atoms with van der Waals surface area (Å²) in [7, 11) is 0. The molecule has 3 rings (SSSR count). The lowest BCUT2D eigenvalue weighted by Crippen LogP contribution is -2.20. The fourth-order valence-electron chi connectivity index (χ4n) is 2.24. The minimum atomic E-state index is -0.252. The highest BCUT2D eigenvalue weighted by Gasteiger charge is 2.10. The fraction of sp³-hybridized carbons (Fsp3) is 0.211. The summed E-state index contributed by atoms with van der Waals surface area (Å²) >= 11 is 2.97. The summed E-state index contributed by atoms with van der Waals surface area (Å²) in [4.78, 5) is 12.0. The third kappa shape index (κ3) is 5.31. The van der Waals surface area contributed by atoms with Gasteiger partial charge in [0.2, 0.25) is 5.13 Å². The monoisotopic (exact) mass is 385 g/mol. The van der Waals surface area contributed by atoms with Crippen molar-refractivity contribution in [2.45, 2.75) is 23.9 Å². The fourth-order valence-corrected chi connectivity index (χ4v) is 4.08. The Bertz CT molecular complexity index is 896. The van der Waals surface area contributed by atoms with E-state index in [-0.39, 0.29) is 12.5 Å². The van der Waals surface area contributed by atoms with Gasteiger partial charge >= 0.3 is 0 Å². The second-order valence-corrected chi connectivity index (χ2v) is 7.94. The SMILES string of the molecule is Cc1cccc(OCC(=O)Nc2nnc(SCc3ccccc3C)s2)c1. The van der Waals surface area contributed by atoms with Gasteiger partial charge in [-0.15, -0.1) is 10.2 Å². The van der Waals surface area contributed by atoms with Crippen molar-refractivity contribution in [2.75, 3.05) is 11.9 Å². The molecule has 7 heteroatoms. The van der Waals surface area contributed by atoms with Crippen molar-refractivity contribution >= 4 is 34.1 Å². The molecule has 5 nitrogen and oxygen atoms in total. The van der Waals surface area contributed by atoms with Gasteiger partial charge in [-0.05, 0) is 42.7 Å². The number of amides is 1. The molecule has 0 saturated carbocycles. The van der Waals surface area contributed by atoms with Crippen molar-refractivity contribution in [1.82, 2.24) is 10.2 Å². The molecule has 134 valence electrons. The number of aryl methyl sites for hydroxylation is 2. The molecule has 26 heavy (non-hydrogen) atoms. The van der Waals surface area contributed by atoms with Crippen LogP contribution < -0.4 is 10.1 Å². The van der Waals surface area contributed by atoms with E-state index in [0.29, 0.717) is 10.9 Å². The van der Waals surface area contributed by atoms with E-state index in [4.69, 9.17) is 4.74 Å². The van der Waals surface area contributed by atoms with Crippen LogP contribution in [0.25, 0.3) is 0 Å². The summed E-state index contributed by atoms with van der Waals surface area (Å²) in [6.45, 7) is 4.01. The van der Waals surface area contributed by atoms with Gasteiger partial charge in [-0.25, -0.2) is 0 Å². The van der Waals surface area contributed by atoms with Crippen molar-refractivity contribution in [3.8, 4) is 5.75 Å². The zero-order valence-electron chi connectivity index (χ0n) is 14.6. The maximum Gasteiger partial charge on any atom is 0.264 e. The molecular formula is C19H19N3O2S2. The van der Waals surface area contributed by atoms with Gasteiger partial charge in [0.25, 0.3) is 5.91 Å². The smallest absolute Gasteiger partial charge is 0.264 e. The zero-order valence-corrected chi connectivity index (χ0v) is 16.2. The Morgan fingerprint density at radius 2 is 2.00 bits per heavy atom. The molecule has 2 aromatic carbocycles. The normalized spacial score (nSPS) is 10.5. The lowest BCUT2D eigenvalue weighted by molar-refractivity contribution is -0.118. The van der Waals surface area contributed by atoms with Crippen LogP contribution in [0.2, 0.25) is 0 Å². The molecule has 1 heterocycles. The van der Waals surface area contributed by atoms with Crippen molar-refractivity contribution in [3.63, 3.8) is 0 Å². The Morgan fingerprint density at radius 1 is 1.15 bits per heavy atom. The van der Waals surface area contributed by atoms with Crippen LogP contribution in [-0.4, -0.2) is 22.7 Å². The molecule has 1 aromatic heterocycles. The van der Waals surface area contributed by atoms with Crippen molar-refractivity contribution in [3.05, 3.63) is 65.2 Å². The highest BCUT2D eigenvalue weighted by molar-refractivity contribution is 8.00. The molecule has 0 aliphatic rings. The predicted molar refractivity (Wildman–Crippen MR) is 106 cm³/mol. The van der Waals surface area contributed by atoms with Gasteiger partial charge in [0, 0.05) is 5.75 Å². The van der Waals surface area contributed by atoms with E-state index in [1.807, 2.05) is 43.3 Å². The highest BCUT2D eigenvalue weighted by Crippen LogP contribution is 2.29.